The number of hydrogen-bond acceptors (Lipinski definition) is 2. The minimum atomic E-state index is -0.203. The average molecular weight is 242 g/mol. The van der Waals surface area contributed by atoms with Crippen molar-refractivity contribution >= 4 is 11.5 Å². The molecule has 0 bridgehead atoms. The van der Waals surface area contributed by atoms with E-state index in [2.05, 4.69) is 28.5 Å². The van der Waals surface area contributed by atoms with Gasteiger partial charge in [-0.05, 0) is 49.1 Å². The molecule has 1 heterocycles. The van der Waals surface area contributed by atoms with Crippen LogP contribution in [-0.2, 0) is 12.8 Å². The first-order valence-electron chi connectivity index (χ1n) is 6.44. The van der Waals surface area contributed by atoms with E-state index in [1.165, 1.54) is 11.1 Å². The van der Waals surface area contributed by atoms with Crippen LogP contribution in [0.1, 0.15) is 23.2 Å². The van der Waals surface area contributed by atoms with Crippen molar-refractivity contribution in [1.82, 2.24) is 4.98 Å². The summed E-state index contributed by atoms with van der Waals surface area (Å²) in [4.78, 5) is 3.27. The van der Waals surface area contributed by atoms with Crippen LogP contribution in [0.5, 0.6) is 0 Å². The van der Waals surface area contributed by atoms with E-state index >= 15 is 0 Å². The standard InChI is InChI=1S/C15H18N2O/c1-10-5-8-15(16-10)17-14-4-2-3-11-6-7-12(18)9-13(11)14/h2-5,8,12,16-18H,6-7,9H2,1H3. The third-order valence-corrected chi connectivity index (χ3v) is 3.56. The summed E-state index contributed by atoms with van der Waals surface area (Å²) in [5, 5.41) is 13.2. The molecule has 18 heavy (non-hydrogen) atoms. The summed E-state index contributed by atoms with van der Waals surface area (Å²) in [6, 6.07) is 10.4. The fourth-order valence-corrected chi connectivity index (χ4v) is 2.61. The van der Waals surface area contributed by atoms with E-state index < -0.39 is 0 Å². The van der Waals surface area contributed by atoms with Crippen molar-refractivity contribution in [2.75, 3.05) is 5.32 Å². The number of aliphatic hydroxyl groups excluding tert-OH is 1. The maximum absolute atomic E-state index is 9.81. The van der Waals surface area contributed by atoms with Crippen LogP contribution in [0.4, 0.5) is 11.5 Å². The summed E-state index contributed by atoms with van der Waals surface area (Å²) >= 11 is 0. The van der Waals surface area contributed by atoms with Crippen LogP contribution in [0.15, 0.2) is 30.3 Å². The predicted octanol–water partition coefficient (Wildman–Crippen LogP) is 2.92. The number of H-pyrrole nitrogens is 1. The van der Waals surface area contributed by atoms with Crippen LogP contribution < -0.4 is 5.32 Å². The molecule has 0 radical (unpaired) electrons. The molecule has 0 saturated carbocycles. The highest BCUT2D eigenvalue weighted by Crippen LogP contribution is 2.29. The minimum Gasteiger partial charge on any atom is -0.393 e. The molecule has 1 aromatic heterocycles. The maximum Gasteiger partial charge on any atom is 0.107 e. The summed E-state index contributed by atoms with van der Waals surface area (Å²) in [6.07, 6.45) is 2.39. The Kier molecular flexibility index (Phi) is 2.84. The second-order valence-corrected chi connectivity index (χ2v) is 5.02. The summed E-state index contributed by atoms with van der Waals surface area (Å²) in [5.74, 6) is 1.00. The largest absolute Gasteiger partial charge is 0.393 e. The number of aryl methyl sites for hydroxylation is 2. The Morgan fingerprint density at radius 1 is 1.28 bits per heavy atom. The van der Waals surface area contributed by atoms with Crippen LogP contribution >= 0.6 is 0 Å². The lowest BCUT2D eigenvalue weighted by molar-refractivity contribution is 0.159. The molecule has 3 N–H and O–H groups in total. The highest BCUT2D eigenvalue weighted by molar-refractivity contribution is 5.63. The van der Waals surface area contributed by atoms with Crippen LogP contribution in [0.2, 0.25) is 0 Å². The number of aliphatic hydroxyl groups is 1. The molecule has 0 fully saturated rings. The summed E-state index contributed by atoms with van der Waals surface area (Å²) < 4.78 is 0. The van der Waals surface area contributed by atoms with Crippen LogP contribution in [0.3, 0.4) is 0 Å². The molecule has 94 valence electrons. The highest BCUT2D eigenvalue weighted by Gasteiger charge is 2.19. The Hall–Kier alpha value is -1.74. The van der Waals surface area contributed by atoms with Gasteiger partial charge in [-0.3, -0.25) is 0 Å². The van der Waals surface area contributed by atoms with Gasteiger partial charge in [-0.25, -0.2) is 0 Å². The smallest absolute Gasteiger partial charge is 0.107 e. The van der Waals surface area contributed by atoms with Crippen molar-refractivity contribution < 1.29 is 5.11 Å². The van der Waals surface area contributed by atoms with Crippen molar-refractivity contribution in [1.29, 1.82) is 0 Å². The second-order valence-electron chi connectivity index (χ2n) is 5.02. The monoisotopic (exact) mass is 242 g/mol. The van der Waals surface area contributed by atoms with Crippen molar-refractivity contribution in [2.24, 2.45) is 0 Å². The third kappa shape index (κ3) is 2.14. The Morgan fingerprint density at radius 3 is 2.94 bits per heavy atom. The van der Waals surface area contributed by atoms with Gasteiger partial charge in [0.15, 0.2) is 0 Å². The number of hydrogen-bond donors (Lipinski definition) is 3. The van der Waals surface area contributed by atoms with E-state index in [9.17, 15) is 5.11 Å². The molecule has 1 aromatic carbocycles. The summed E-state index contributed by atoms with van der Waals surface area (Å²) in [7, 11) is 0. The third-order valence-electron chi connectivity index (χ3n) is 3.56. The van der Waals surface area contributed by atoms with Gasteiger partial charge < -0.3 is 15.4 Å². The first-order valence-corrected chi connectivity index (χ1v) is 6.44. The van der Waals surface area contributed by atoms with Gasteiger partial charge in [-0.1, -0.05) is 12.1 Å². The molecule has 0 amide bonds. The highest BCUT2D eigenvalue weighted by atomic mass is 16.3. The van der Waals surface area contributed by atoms with Crippen molar-refractivity contribution in [3.63, 3.8) is 0 Å². The van der Waals surface area contributed by atoms with E-state index in [4.69, 9.17) is 0 Å². The summed E-state index contributed by atoms with van der Waals surface area (Å²) in [5.41, 5.74) is 4.85. The van der Waals surface area contributed by atoms with E-state index in [0.29, 0.717) is 0 Å². The number of nitrogens with one attached hydrogen (secondary N) is 2. The molecule has 3 rings (SSSR count). The average Bonchev–Trinajstić information content (AvgIpc) is 2.76. The molecule has 1 atom stereocenters. The van der Waals surface area contributed by atoms with Gasteiger partial charge in [0.1, 0.15) is 5.82 Å². The second kappa shape index (κ2) is 4.50. The quantitative estimate of drug-likeness (QED) is 0.758. The van der Waals surface area contributed by atoms with E-state index in [0.717, 1.165) is 36.5 Å². The van der Waals surface area contributed by atoms with Gasteiger partial charge in [0.2, 0.25) is 0 Å². The van der Waals surface area contributed by atoms with Gasteiger partial charge in [0.05, 0.1) is 6.10 Å². The fraction of sp³-hybridized carbons (Fsp3) is 0.333. The normalized spacial score (nSPS) is 18.4. The number of benzene rings is 1. The van der Waals surface area contributed by atoms with Gasteiger partial charge >= 0.3 is 0 Å². The zero-order chi connectivity index (χ0) is 12.5. The predicted molar refractivity (Wildman–Crippen MR) is 73.3 cm³/mol. The molecule has 1 aliphatic carbocycles. The molecule has 1 unspecified atom stereocenters. The Balaban J connectivity index is 1.92. The molecule has 3 heteroatoms. The number of rotatable bonds is 2. The molecule has 0 saturated heterocycles. The zero-order valence-electron chi connectivity index (χ0n) is 10.5. The van der Waals surface area contributed by atoms with E-state index in [-0.39, 0.29) is 6.10 Å². The number of fused-ring (bicyclic) bond motifs is 1. The van der Waals surface area contributed by atoms with Gasteiger partial charge in [0.25, 0.3) is 0 Å². The molecule has 1 aliphatic rings. The molecular formula is C15H18N2O. The van der Waals surface area contributed by atoms with Gasteiger partial charge in [-0.15, -0.1) is 0 Å². The first kappa shape index (κ1) is 11.4. The SMILES string of the molecule is Cc1ccc(Nc2cccc3c2CC(O)CC3)[nH]1. The van der Waals surface area contributed by atoms with E-state index in [1.807, 2.05) is 19.1 Å². The molecule has 3 nitrogen and oxygen atoms in total. The lowest BCUT2D eigenvalue weighted by atomic mass is 9.88. The van der Waals surface area contributed by atoms with Crippen molar-refractivity contribution in [2.45, 2.75) is 32.3 Å². The van der Waals surface area contributed by atoms with Crippen LogP contribution in [0.25, 0.3) is 0 Å². The van der Waals surface area contributed by atoms with Crippen molar-refractivity contribution in [3.8, 4) is 0 Å². The lowest BCUT2D eigenvalue weighted by Crippen LogP contribution is -2.19. The Morgan fingerprint density at radius 2 is 2.17 bits per heavy atom. The summed E-state index contributed by atoms with van der Waals surface area (Å²) in [6.45, 7) is 2.04. The Labute approximate surface area is 107 Å². The minimum absolute atomic E-state index is 0.203. The molecular weight excluding hydrogens is 224 g/mol. The zero-order valence-corrected chi connectivity index (χ0v) is 10.5. The van der Waals surface area contributed by atoms with Gasteiger partial charge in [0, 0.05) is 17.8 Å². The Bertz CT molecular complexity index is 559. The first-order chi connectivity index (χ1) is 8.72. The number of aromatic amines is 1. The number of anilines is 2. The maximum atomic E-state index is 9.81. The van der Waals surface area contributed by atoms with Gasteiger partial charge in [-0.2, -0.15) is 0 Å². The van der Waals surface area contributed by atoms with Crippen LogP contribution in [-0.4, -0.2) is 16.2 Å². The molecule has 2 aromatic rings. The van der Waals surface area contributed by atoms with Crippen LogP contribution in [0, 0.1) is 6.92 Å². The lowest BCUT2D eigenvalue weighted by Gasteiger charge is -2.23. The molecule has 0 aliphatic heterocycles. The van der Waals surface area contributed by atoms with Crippen molar-refractivity contribution in [3.05, 3.63) is 47.2 Å². The number of aromatic nitrogens is 1. The topological polar surface area (TPSA) is 48.0 Å². The fourth-order valence-electron chi connectivity index (χ4n) is 2.61. The molecule has 0 spiro atoms. The van der Waals surface area contributed by atoms with E-state index in [1.54, 1.807) is 0 Å².